The molecule has 0 radical (unpaired) electrons. The number of ether oxygens (including phenoxy) is 1. The second kappa shape index (κ2) is 5.01. The van der Waals surface area contributed by atoms with E-state index in [1.165, 1.54) is 4.90 Å². The van der Waals surface area contributed by atoms with Crippen LogP contribution in [0, 0.1) is 0 Å². The van der Waals surface area contributed by atoms with Crippen LogP contribution in [0.5, 0.6) is 5.75 Å². The number of nitrogens with zero attached hydrogens (tertiary/aromatic N) is 2. The Morgan fingerprint density at radius 2 is 1.74 bits per heavy atom. The zero-order valence-electron chi connectivity index (χ0n) is 11.4. The van der Waals surface area contributed by atoms with Crippen molar-refractivity contribution in [3.05, 3.63) is 35.5 Å². The number of thiocarbonyl (C=S) groups is 1. The molecule has 0 spiro atoms. The summed E-state index contributed by atoms with van der Waals surface area (Å²) < 4.78 is 5.13. The monoisotopic (exact) mass is 276 g/mol. The van der Waals surface area contributed by atoms with Crippen LogP contribution in [-0.2, 0) is 4.79 Å². The first-order valence-corrected chi connectivity index (χ1v) is 6.29. The normalized spacial score (nSPS) is 18.1. The summed E-state index contributed by atoms with van der Waals surface area (Å²) in [6.07, 6.45) is 0. The van der Waals surface area contributed by atoms with Crippen LogP contribution in [0.2, 0.25) is 0 Å². The number of allylic oxidation sites excluding steroid dienone is 1. The van der Waals surface area contributed by atoms with Crippen LogP contribution in [0.1, 0.15) is 12.5 Å². The molecule has 1 saturated heterocycles. The molecular formula is C14H16N2O2S. The number of amides is 1. The highest BCUT2D eigenvalue weighted by Gasteiger charge is 2.34. The van der Waals surface area contributed by atoms with Gasteiger partial charge in [0.05, 0.1) is 7.11 Å². The first-order valence-electron chi connectivity index (χ1n) is 5.88. The highest BCUT2D eigenvalue weighted by molar-refractivity contribution is 7.80. The van der Waals surface area contributed by atoms with Gasteiger partial charge in [0, 0.05) is 14.1 Å². The number of hydrogen-bond acceptors (Lipinski definition) is 3. The van der Waals surface area contributed by atoms with Crippen molar-refractivity contribution in [3.63, 3.8) is 0 Å². The van der Waals surface area contributed by atoms with Crippen molar-refractivity contribution < 1.29 is 9.53 Å². The van der Waals surface area contributed by atoms with Crippen molar-refractivity contribution in [2.24, 2.45) is 0 Å². The fourth-order valence-electron chi connectivity index (χ4n) is 2.10. The second-order valence-electron chi connectivity index (χ2n) is 4.41. The number of methoxy groups -OCH3 is 1. The van der Waals surface area contributed by atoms with Crippen molar-refractivity contribution in [2.75, 3.05) is 21.2 Å². The Morgan fingerprint density at radius 1 is 1.16 bits per heavy atom. The standard InChI is InChI=1S/C14H16N2O2S/c1-9(10-5-7-11(18-4)8-6-10)12-13(17)16(3)14(19)15(12)2/h5-8H,1-4H3. The third-order valence-electron chi connectivity index (χ3n) is 3.29. The molecule has 0 aliphatic carbocycles. The predicted octanol–water partition coefficient (Wildman–Crippen LogP) is 2.11. The van der Waals surface area contributed by atoms with Gasteiger partial charge >= 0.3 is 0 Å². The molecule has 19 heavy (non-hydrogen) atoms. The molecule has 1 aliphatic rings. The SMILES string of the molecule is COc1ccc(C(C)=C2C(=O)N(C)C(=S)N2C)cc1. The molecule has 1 fully saturated rings. The van der Waals surface area contributed by atoms with Crippen LogP contribution in [0.4, 0.5) is 0 Å². The molecule has 1 aliphatic heterocycles. The molecule has 5 heteroatoms. The van der Waals surface area contributed by atoms with Crippen LogP contribution < -0.4 is 4.74 Å². The molecule has 1 heterocycles. The van der Waals surface area contributed by atoms with E-state index in [0.29, 0.717) is 10.8 Å². The van der Waals surface area contributed by atoms with Gasteiger partial charge in [-0.2, -0.15) is 0 Å². The summed E-state index contributed by atoms with van der Waals surface area (Å²) in [5.74, 6) is 0.723. The third kappa shape index (κ3) is 2.21. The van der Waals surface area contributed by atoms with Crippen LogP contribution >= 0.6 is 12.2 Å². The van der Waals surface area contributed by atoms with E-state index >= 15 is 0 Å². The van der Waals surface area contributed by atoms with Gasteiger partial charge in [0.2, 0.25) is 0 Å². The van der Waals surface area contributed by atoms with Crippen LogP contribution in [0.25, 0.3) is 5.57 Å². The zero-order chi connectivity index (χ0) is 14.2. The van der Waals surface area contributed by atoms with E-state index in [-0.39, 0.29) is 5.91 Å². The molecule has 1 aromatic carbocycles. The van der Waals surface area contributed by atoms with Gasteiger partial charge in [0.25, 0.3) is 5.91 Å². The molecule has 0 unspecified atom stereocenters. The molecule has 0 N–H and O–H groups in total. The molecular weight excluding hydrogens is 260 g/mol. The summed E-state index contributed by atoms with van der Waals surface area (Å²) in [7, 11) is 5.13. The molecule has 100 valence electrons. The van der Waals surface area contributed by atoms with Crippen LogP contribution in [0.3, 0.4) is 0 Å². The van der Waals surface area contributed by atoms with E-state index in [9.17, 15) is 4.79 Å². The lowest BCUT2D eigenvalue weighted by Gasteiger charge is -2.13. The molecule has 0 atom stereocenters. The largest absolute Gasteiger partial charge is 0.497 e. The second-order valence-corrected chi connectivity index (χ2v) is 4.77. The number of likely N-dealkylation sites (N-methyl/N-ethyl adjacent to an activating group) is 2. The number of carbonyl (C=O) groups is 1. The maximum Gasteiger partial charge on any atom is 0.276 e. The van der Waals surface area contributed by atoms with E-state index in [2.05, 4.69) is 0 Å². The van der Waals surface area contributed by atoms with Gasteiger partial charge in [-0.1, -0.05) is 12.1 Å². The summed E-state index contributed by atoms with van der Waals surface area (Å²) >= 11 is 5.20. The maximum absolute atomic E-state index is 12.2. The van der Waals surface area contributed by atoms with Gasteiger partial charge in [-0.15, -0.1) is 0 Å². The van der Waals surface area contributed by atoms with Crippen molar-refractivity contribution in [2.45, 2.75) is 6.92 Å². The van der Waals surface area contributed by atoms with Crippen LogP contribution in [0.15, 0.2) is 30.0 Å². The average Bonchev–Trinajstić information content (AvgIpc) is 2.62. The Hall–Kier alpha value is -1.88. The van der Waals surface area contributed by atoms with Crippen molar-refractivity contribution in [1.29, 1.82) is 0 Å². The van der Waals surface area contributed by atoms with Gasteiger partial charge < -0.3 is 9.64 Å². The Balaban J connectivity index is 2.46. The van der Waals surface area contributed by atoms with Crippen molar-refractivity contribution in [3.8, 4) is 5.75 Å². The average molecular weight is 276 g/mol. The number of hydrogen-bond donors (Lipinski definition) is 0. The van der Waals surface area contributed by atoms with Gasteiger partial charge in [-0.25, -0.2) is 0 Å². The van der Waals surface area contributed by atoms with Gasteiger partial charge in [0.15, 0.2) is 5.11 Å². The quantitative estimate of drug-likeness (QED) is 0.612. The molecule has 0 saturated carbocycles. The van der Waals surface area contributed by atoms with E-state index < -0.39 is 0 Å². The molecule has 1 amide bonds. The fraction of sp³-hybridized carbons (Fsp3) is 0.286. The van der Waals surface area contributed by atoms with Gasteiger partial charge in [-0.3, -0.25) is 9.69 Å². The highest BCUT2D eigenvalue weighted by Crippen LogP contribution is 2.27. The highest BCUT2D eigenvalue weighted by atomic mass is 32.1. The van der Waals surface area contributed by atoms with Crippen molar-refractivity contribution in [1.82, 2.24) is 9.80 Å². The number of benzene rings is 1. The molecule has 4 nitrogen and oxygen atoms in total. The van der Waals surface area contributed by atoms with Crippen LogP contribution in [-0.4, -0.2) is 42.0 Å². The summed E-state index contributed by atoms with van der Waals surface area (Å²) in [5.41, 5.74) is 2.51. The topological polar surface area (TPSA) is 32.8 Å². The Labute approximate surface area is 118 Å². The molecule has 2 rings (SSSR count). The Bertz CT molecular complexity index is 563. The number of carbonyl (C=O) groups excluding carboxylic acids is 1. The lowest BCUT2D eigenvalue weighted by atomic mass is 10.0. The third-order valence-corrected chi connectivity index (χ3v) is 3.84. The molecule has 0 bridgehead atoms. The van der Waals surface area contributed by atoms with Crippen molar-refractivity contribution >= 4 is 28.8 Å². The first-order chi connectivity index (χ1) is 8.97. The Morgan fingerprint density at radius 3 is 2.16 bits per heavy atom. The maximum atomic E-state index is 12.2. The summed E-state index contributed by atoms with van der Waals surface area (Å²) in [5, 5.41) is 0.521. The van der Waals surface area contributed by atoms with Gasteiger partial charge in [-0.05, 0) is 42.4 Å². The summed E-state index contributed by atoms with van der Waals surface area (Å²) in [4.78, 5) is 15.4. The fourth-order valence-corrected chi connectivity index (χ4v) is 2.27. The van der Waals surface area contributed by atoms with E-state index in [4.69, 9.17) is 17.0 Å². The summed E-state index contributed by atoms with van der Waals surface area (Å²) in [6, 6.07) is 7.62. The zero-order valence-corrected chi connectivity index (χ0v) is 12.2. The van der Waals surface area contributed by atoms with E-state index in [0.717, 1.165) is 16.9 Å². The van der Waals surface area contributed by atoms with Gasteiger partial charge in [0.1, 0.15) is 11.4 Å². The summed E-state index contributed by atoms with van der Waals surface area (Å²) in [6.45, 7) is 1.92. The minimum Gasteiger partial charge on any atom is -0.497 e. The minimum absolute atomic E-state index is 0.0687. The van der Waals surface area contributed by atoms with E-state index in [1.807, 2.05) is 38.2 Å². The molecule has 1 aromatic rings. The Kier molecular flexibility index (Phi) is 3.57. The number of rotatable bonds is 2. The van der Waals surface area contributed by atoms with E-state index in [1.54, 1.807) is 19.1 Å². The predicted molar refractivity (Wildman–Crippen MR) is 78.7 cm³/mol. The minimum atomic E-state index is -0.0687. The smallest absolute Gasteiger partial charge is 0.276 e. The lowest BCUT2D eigenvalue weighted by Crippen LogP contribution is -2.26. The molecule has 0 aromatic heterocycles. The first kappa shape index (κ1) is 13.5. The lowest BCUT2D eigenvalue weighted by molar-refractivity contribution is -0.121.